The summed E-state index contributed by atoms with van der Waals surface area (Å²) in [5, 5.41) is 3.34. The summed E-state index contributed by atoms with van der Waals surface area (Å²) in [5.74, 6) is 0.556. The molecule has 0 saturated carbocycles. The highest BCUT2D eigenvalue weighted by Gasteiger charge is 2.19. The summed E-state index contributed by atoms with van der Waals surface area (Å²) < 4.78 is 0. The molecule has 1 aliphatic rings. The number of piperidine rings is 1. The predicted molar refractivity (Wildman–Crippen MR) is 65.5 cm³/mol. The maximum atomic E-state index is 11.1. The highest BCUT2D eigenvalue weighted by Crippen LogP contribution is 2.11. The van der Waals surface area contributed by atoms with Crippen LogP contribution in [0.4, 0.5) is 0 Å². The first kappa shape index (κ1) is 12.9. The van der Waals surface area contributed by atoms with Crippen LogP contribution in [0, 0.1) is 5.92 Å². The van der Waals surface area contributed by atoms with Crippen molar-refractivity contribution >= 4 is 5.91 Å². The van der Waals surface area contributed by atoms with E-state index < -0.39 is 0 Å². The maximum absolute atomic E-state index is 11.1. The molecular weight excluding hydrogens is 202 g/mol. The van der Waals surface area contributed by atoms with E-state index >= 15 is 0 Å². The molecule has 0 atom stereocenters. The Balaban J connectivity index is 2.32. The van der Waals surface area contributed by atoms with Gasteiger partial charge in [-0.2, -0.15) is 0 Å². The molecular formula is C12H23N3O. The molecule has 1 rings (SSSR count). The number of rotatable bonds is 3. The van der Waals surface area contributed by atoms with E-state index in [2.05, 4.69) is 19.2 Å². The molecule has 0 aromatic carbocycles. The van der Waals surface area contributed by atoms with Gasteiger partial charge in [0.05, 0.1) is 0 Å². The molecule has 1 heterocycles. The largest absolute Gasteiger partial charge is 0.401 e. The summed E-state index contributed by atoms with van der Waals surface area (Å²) in [6.07, 6.45) is 3.92. The molecule has 4 heteroatoms. The number of nitrogens with zero attached hydrogens (tertiary/aromatic N) is 1. The minimum atomic E-state index is 0.177. The number of hydrogen-bond donors (Lipinski definition) is 2. The summed E-state index contributed by atoms with van der Waals surface area (Å²) >= 11 is 0. The number of nitrogens with two attached hydrogens (primary N) is 1. The fourth-order valence-electron chi connectivity index (χ4n) is 1.74. The second-order valence-electron chi connectivity index (χ2n) is 4.75. The van der Waals surface area contributed by atoms with Crippen molar-refractivity contribution in [3.8, 4) is 0 Å². The van der Waals surface area contributed by atoms with Crippen molar-refractivity contribution < 1.29 is 4.79 Å². The van der Waals surface area contributed by atoms with Crippen molar-refractivity contribution in [1.29, 1.82) is 0 Å². The molecule has 0 radical (unpaired) electrons. The Morgan fingerprint density at radius 1 is 1.44 bits per heavy atom. The van der Waals surface area contributed by atoms with Crippen LogP contribution in [0.5, 0.6) is 0 Å². The van der Waals surface area contributed by atoms with Crippen LogP contribution < -0.4 is 11.1 Å². The molecule has 0 aromatic rings. The minimum absolute atomic E-state index is 0.177. The molecule has 16 heavy (non-hydrogen) atoms. The van der Waals surface area contributed by atoms with Crippen LogP contribution in [0.15, 0.2) is 11.9 Å². The van der Waals surface area contributed by atoms with Gasteiger partial charge >= 0.3 is 0 Å². The third-order valence-electron chi connectivity index (χ3n) is 3.09. The number of nitrogens with one attached hydrogen (secondary N) is 1. The van der Waals surface area contributed by atoms with E-state index in [1.54, 1.807) is 6.92 Å². The topological polar surface area (TPSA) is 58.4 Å². The Kier molecular flexibility index (Phi) is 4.65. The first-order valence-corrected chi connectivity index (χ1v) is 5.97. The fraction of sp³-hybridized carbons (Fsp3) is 0.750. The molecule has 92 valence electrons. The van der Waals surface area contributed by atoms with Crippen molar-refractivity contribution in [2.24, 2.45) is 11.7 Å². The van der Waals surface area contributed by atoms with E-state index in [4.69, 9.17) is 5.73 Å². The fourth-order valence-corrected chi connectivity index (χ4v) is 1.74. The van der Waals surface area contributed by atoms with Crippen molar-refractivity contribution in [2.75, 3.05) is 13.1 Å². The Bertz CT molecular complexity index is 265. The normalized spacial score (nSPS) is 19.0. The van der Waals surface area contributed by atoms with Crippen LogP contribution in [-0.2, 0) is 4.79 Å². The van der Waals surface area contributed by atoms with Crippen LogP contribution in [0.25, 0.3) is 0 Å². The van der Waals surface area contributed by atoms with E-state index in [-0.39, 0.29) is 5.91 Å². The van der Waals surface area contributed by atoms with Gasteiger partial charge in [0, 0.05) is 38.0 Å². The molecule has 3 N–H and O–H groups in total. The number of carbonyl (C=O) groups is 1. The van der Waals surface area contributed by atoms with Gasteiger partial charge in [-0.15, -0.1) is 0 Å². The first-order valence-electron chi connectivity index (χ1n) is 5.97. The van der Waals surface area contributed by atoms with Gasteiger partial charge in [-0.05, 0) is 18.8 Å². The van der Waals surface area contributed by atoms with Gasteiger partial charge in [0.2, 0.25) is 5.91 Å². The van der Waals surface area contributed by atoms with Crippen molar-refractivity contribution in [3.05, 3.63) is 11.9 Å². The van der Waals surface area contributed by atoms with Gasteiger partial charge in [0.25, 0.3) is 0 Å². The third kappa shape index (κ3) is 3.76. The lowest BCUT2D eigenvalue weighted by Crippen LogP contribution is -2.43. The first-order chi connectivity index (χ1) is 7.50. The molecule has 1 fully saturated rings. The lowest BCUT2D eigenvalue weighted by Gasteiger charge is -2.31. The lowest BCUT2D eigenvalue weighted by atomic mass is 10.0. The highest BCUT2D eigenvalue weighted by atomic mass is 16.2. The monoisotopic (exact) mass is 225 g/mol. The van der Waals surface area contributed by atoms with Crippen molar-refractivity contribution in [1.82, 2.24) is 10.2 Å². The zero-order valence-electron chi connectivity index (χ0n) is 10.5. The second-order valence-corrected chi connectivity index (χ2v) is 4.75. The van der Waals surface area contributed by atoms with Crippen molar-refractivity contribution in [2.45, 2.75) is 39.7 Å². The van der Waals surface area contributed by atoms with E-state index in [0.29, 0.717) is 12.0 Å². The average molecular weight is 225 g/mol. The van der Waals surface area contributed by atoms with Gasteiger partial charge in [-0.1, -0.05) is 13.8 Å². The van der Waals surface area contributed by atoms with Crippen LogP contribution >= 0.6 is 0 Å². The molecule has 0 aromatic heterocycles. The number of hydrogen-bond acceptors (Lipinski definition) is 3. The predicted octanol–water partition coefficient (Wildman–Crippen LogP) is 1.04. The van der Waals surface area contributed by atoms with E-state index in [9.17, 15) is 4.79 Å². The molecule has 1 amide bonds. The van der Waals surface area contributed by atoms with E-state index in [0.717, 1.165) is 31.6 Å². The minimum Gasteiger partial charge on any atom is -0.401 e. The molecule has 0 spiro atoms. The highest BCUT2D eigenvalue weighted by molar-refractivity contribution is 5.73. The number of amides is 1. The summed E-state index contributed by atoms with van der Waals surface area (Å²) in [6.45, 7) is 7.48. The van der Waals surface area contributed by atoms with Gasteiger partial charge in [0.15, 0.2) is 0 Å². The third-order valence-corrected chi connectivity index (χ3v) is 3.09. The Labute approximate surface area is 97.9 Å². The standard InChI is InChI=1S/C12H23N3O/c1-9(2)12(13)8-14-11-4-6-15(7-5-11)10(3)16/h8-9,11,14H,4-7,13H2,1-3H3/b12-8-. The summed E-state index contributed by atoms with van der Waals surface area (Å²) in [4.78, 5) is 13.0. The van der Waals surface area contributed by atoms with Crippen molar-refractivity contribution in [3.63, 3.8) is 0 Å². The zero-order valence-corrected chi connectivity index (χ0v) is 10.5. The second kappa shape index (κ2) is 5.77. The number of likely N-dealkylation sites (tertiary alicyclic amines) is 1. The average Bonchev–Trinajstić information content (AvgIpc) is 2.26. The van der Waals surface area contributed by atoms with E-state index in [1.807, 2.05) is 11.1 Å². The molecule has 0 aliphatic carbocycles. The zero-order chi connectivity index (χ0) is 12.1. The summed E-state index contributed by atoms with van der Waals surface area (Å²) in [5.41, 5.74) is 6.73. The van der Waals surface area contributed by atoms with Crippen LogP contribution in [0.1, 0.15) is 33.6 Å². The van der Waals surface area contributed by atoms with Crippen LogP contribution in [0.2, 0.25) is 0 Å². The molecule has 1 aliphatic heterocycles. The van der Waals surface area contributed by atoms with E-state index in [1.165, 1.54) is 0 Å². The van der Waals surface area contributed by atoms with Gasteiger partial charge < -0.3 is 16.0 Å². The quantitative estimate of drug-likeness (QED) is 0.754. The van der Waals surface area contributed by atoms with Crippen LogP contribution in [0.3, 0.4) is 0 Å². The van der Waals surface area contributed by atoms with Gasteiger partial charge in [0.1, 0.15) is 0 Å². The molecule has 0 unspecified atom stereocenters. The number of carbonyl (C=O) groups excluding carboxylic acids is 1. The molecule has 0 bridgehead atoms. The molecule has 1 saturated heterocycles. The van der Waals surface area contributed by atoms with Gasteiger partial charge in [-0.25, -0.2) is 0 Å². The lowest BCUT2D eigenvalue weighted by molar-refractivity contribution is -0.129. The Morgan fingerprint density at radius 2 is 2.00 bits per heavy atom. The van der Waals surface area contributed by atoms with Crippen LogP contribution in [-0.4, -0.2) is 29.9 Å². The summed E-state index contributed by atoms with van der Waals surface area (Å²) in [7, 11) is 0. The Hall–Kier alpha value is -1.19. The maximum Gasteiger partial charge on any atom is 0.219 e. The Morgan fingerprint density at radius 3 is 2.44 bits per heavy atom. The smallest absolute Gasteiger partial charge is 0.219 e. The summed E-state index contributed by atoms with van der Waals surface area (Å²) in [6, 6.07) is 0.452. The van der Waals surface area contributed by atoms with Gasteiger partial charge in [-0.3, -0.25) is 4.79 Å². The number of allylic oxidation sites excluding steroid dienone is 1. The SMILES string of the molecule is CC(=O)N1CCC(N/C=C(\N)C(C)C)CC1. The molecule has 4 nitrogen and oxygen atoms in total.